The van der Waals surface area contributed by atoms with Gasteiger partial charge in [0.1, 0.15) is 5.82 Å². The molecule has 1 aliphatic heterocycles. The number of benzene rings is 1. The fourth-order valence-electron chi connectivity index (χ4n) is 3.90. The molecule has 31 heavy (non-hydrogen) atoms. The second-order valence-electron chi connectivity index (χ2n) is 7.60. The highest BCUT2D eigenvalue weighted by Gasteiger charge is 2.27. The van der Waals surface area contributed by atoms with Gasteiger partial charge in [0.05, 0.1) is 16.1 Å². The molecule has 9 heteroatoms. The van der Waals surface area contributed by atoms with Crippen LogP contribution in [0.25, 0.3) is 22.0 Å². The van der Waals surface area contributed by atoms with Crippen LogP contribution in [0.4, 0.5) is 4.39 Å². The summed E-state index contributed by atoms with van der Waals surface area (Å²) >= 11 is 1.60. The van der Waals surface area contributed by atoms with Gasteiger partial charge in [-0.2, -0.15) is 10.1 Å². The number of nitrogens with zero attached hydrogens (tertiary/aromatic N) is 4. The second kappa shape index (κ2) is 8.43. The number of halogens is 1. The van der Waals surface area contributed by atoms with E-state index in [-0.39, 0.29) is 23.5 Å². The maximum atomic E-state index is 14.0. The largest absolute Gasteiger partial charge is 0.339 e. The number of likely N-dealkylation sites (tertiary alicyclic amines) is 1. The van der Waals surface area contributed by atoms with E-state index in [1.807, 2.05) is 22.4 Å². The van der Waals surface area contributed by atoms with E-state index in [1.54, 1.807) is 35.6 Å². The molecule has 4 heterocycles. The summed E-state index contributed by atoms with van der Waals surface area (Å²) in [5, 5.41) is 13.1. The molecule has 0 radical (unpaired) electrons. The van der Waals surface area contributed by atoms with Crippen LogP contribution in [0.5, 0.6) is 0 Å². The smallest absolute Gasteiger partial charge is 0.274 e. The zero-order chi connectivity index (χ0) is 21.2. The number of amides is 1. The molecule has 4 aromatic rings. The van der Waals surface area contributed by atoms with Gasteiger partial charge in [0, 0.05) is 19.5 Å². The minimum Gasteiger partial charge on any atom is -0.339 e. The first-order valence-electron chi connectivity index (χ1n) is 10.1. The molecule has 0 saturated carbocycles. The van der Waals surface area contributed by atoms with Crippen molar-refractivity contribution in [3.8, 4) is 22.0 Å². The van der Waals surface area contributed by atoms with Crippen molar-refractivity contribution in [1.29, 1.82) is 0 Å². The number of carbonyl (C=O) groups excluding carboxylic acids is 1. The Bertz CT molecular complexity index is 1190. The minimum absolute atomic E-state index is 0.0821. The quantitative estimate of drug-likeness (QED) is 0.499. The number of hydrogen-bond donors (Lipinski definition) is 1. The molecular weight excluding hydrogens is 417 g/mol. The van der Waals surface area contributed by atoms with Crippen LogP contribution in [0.3, 0.4) is 0 Å². The predicted octanol–water partition coefficient (Wildman–Crippen LogP) is 4.42. The van der Waals surface area contributed by atoms with Crippen LogP contribution in [0.15, 0.2) is 52.4 Å². The lowest BCUT2D eigenvalue weighted by Gasteiger charge is -2.31. The number of piperidine rings is 1. The number of aromatic nitrogens is 4. The molecule has 1 amide bonds. The van der Waals surface area contributed by atoms with Crippen LogP contribution in [0.2, 0.25) is 0 Å². The first-order valence-corrected chi connectivity index (χ1v) is 11.0. The molecule has 0 aliphatic carbocycles. The van der Waals surface area contributed by atoms with E-state index in [0.29, 0.717) is 36.7 Å². The number of rotatable bonds is 5. The first-order chi connectivity index (χ1) is 15.2. The number of thiophene rings is 1. The Morgan fingerprint density at radius 1 is 1.29 bits per heavy atom. The summed E-state index contributed by atoms with van der Waals surface area (Å²) < 4.78 is 19.3. The van der Waals surface area contributed by atoms with Gasteiger partial charge in [0.15, 0.2) is 5.69 Å². The molecule has 1 atom stereocenters. The lowest BCUT2D eigenvalue weighted by atomic mass is 9.94. The van der Waals surface area contributed by atoms with Gasteiger partial charge in [-0.05, 0) is 48.4 Å². The van der Waals surface area contributed by atoms with Crippen molar-refractivity contribution in [2.45, 2.75) is 19.3 Å². The van der Waals surface area contributed by atoms with E-state index >= 15 is 0 Å². The van der Waals surface area contributed by atoms with Crippen LogP contribution in [-0.2, 0) is 6.42 Å². The number of H-pyrrole nitrogens is 1. The van der Waals surface area contributed by atoms with Gasteiger partial charge in [-0.1, -0.05) is 23.4 Å². The fourth-order valence-corrected chi connectivity index (χ4v) is 4.60. The highest BCUT2D eigenvalue weighted by molar-refractivity contribution is 7.13. The first kappa shape index (κ1) is 19.6. The molecule has 1 aliphatic rings. The molecule has 5 rings (SSSR count). The zero-order valence-corrected chi connectivity index (χ0v) is 17.4. The highest BCUT2D eigenvalue weighted by atomic mass is 32.1. The molecule has 158 valence electrons. The number of hydrogen-bond acceptors (Lipinski definition) is 6. The molecule has 1 saturated heterocycles. The summed E-state index contributed by atoms with van der Waals surface area (Å²) in [6, 6.07) is 12.1. The lowest BCUT2D eigenvalue weighted by Crippen LogP contribution is -2.40. The molecule has 0 unspecified atom stereocenters. The van der Waals surface area contributed by atoms with Gasteiger partial charge in [0.2, 0.25) is 11.7 Å². The van der Waals surface area contributed by atoms with Crippen molar-refractivity contribution in [1.82, 2.24) is 25.2 Å². The van der Waals surface area contributed by atoms with Crippen molar-refractivity contribution < 1.29 is 13.7 Å². The van der Waals surface area contributed by atoms with Crippen molar-refractivity contribution in [2.24, 2.45) is 5.92 Å². The predicted molar refractivity (Wildman–Crippen MR) is 114 cm³/mol. The van der Waals surface area contributed by atoms with E-state index in [2.05, 4.69) is 20.3 Å². The Morgan fingerprint density at radius 2 is 2.19 bits per heavy atom. The summed E-state index contributed by atoms with van der Waals surface area (Å²) in [7, 11) is 0. The van der Waals surface area contributed by atoms with Crippen LogP contribution in [-0.4, -0.2) is 44.2 Å². The Morgan fingerprint density at radius 3 is 3.03 bits per heavy atom. The normalized spacial score (nSPS) is 16.5. The molecule has 3 aromatic heterocycles. The monoisotopic (exact) mass is 437 g/mol. The summed E-state index contributed by atoms with van der Waals surface area (Å²) in [5.74, 6) is 0.431. The molecule has 7 nitrogen and oxygen atoms in total. The highest BCUT2D eigenvalue weighted by Crippen LogP contribution is 2.26. The minimum atomic E-state index is -0.384. The third-order valence-electron chi connectivity index (χ3n) is 5.44. The molecule has 0 bridgehead atoms. The number of nitrogens with one attached hydrogen (secondary N) is 1. The van der Waals surface area contributed by atoms with Crippen molar-refractivity contribution in [2.75, 3.05) is 13.1 Å². The topological polar surface area (TPSA) is 87.9 Å². The average molecular weight is 438 g/mol. The molecule has 1 N–H and O–H groups in total. The Labute approximate surface area is 181 Å². The van der Waals surface area contributed by atoms with E-state index in [4.69, 9.17) is 4.52 Å². The summed E-state index contributed by atoms with van der Waals surface area (Å²) in [6.07, 6.45) is 2.40. The van der Waals surface area contributed by atoms with Crippen molar-refractivity contribution in [3.05, 3.63) is 65.2 Å². The SMILES string of the molecule is O=C(c1cc(-c2cccs2)[nH]n1)N1CCC[C@H](Cc2nc(-c3ccccc3F)no2)C1. The van der Waals surface area contributed by atoms with Crippen LogP contribution in [0.1, 0.15) is 29.2 Å². The Kier molecular flexibility index (Phi) is 5.33. The van der Waals surface area contributed by atoms with Crippen molar-refractivity contribution >= 4 is 17.2 Å². The van der Waals surface area contributed by atoms with Gasteiger partial charge in [-0.15, -0.1) is 11.3 Å². The summed E-state index contributed by atoms with van der Waals surface area (Å²) in [4.78, 5) is 20.2. The molecule has 1 fully saturated rings. The van der Waals surface area contributed by atoms with Crippen molar-refractivity contribution in [3.63, 3.8) is 0 Å². The third kappa shape index (κ3) is 4.13. The number of carbonyl (C=O) groups is 1. The maximum absolute atomic E-state index is 14.0. The fraction of sp³-hybridized carbons (Fsp3) is 0.273. The standard InChI is InChI=1S/C22H20FN5O2S/c23-16-7-2-1-6-15(16)21-24-20(30-27-21)11-14-5-3-9-28(13-14)22(29)18-12-17(25-26-18)19-8-4-10-31-19/h1-2,4,6-8,10,12,14H,3,5,9,11,13H2,(H,25,26)/t14-/m1/s1. The maximum Gasteiger partial charge on any atom is 0.274 e. The van der Waals surface area contributed by atoms with E-state index in [9.17, 15) is 9.18 Å². The zero-order valence-electron chi connectivity index (χ0n) is 16.6. The molecule has 1 aromatic carbocycles. The summed E-state index contributed by atoms with van der Waals surface area (Å²) in [6.45, 7) is 1.29. The van der Waals surface area contributed by atoms with E-state index < -0.39 is 0 Å². The Balaban J connectivity index is 1.25. The van der Waals surface area contributed by atoms with E-state index in [1.165, 1.54) is 6.07 Å². The van der Waals surface area contributed by atoms with Gasteiger partial charge >= 0.3 is 0 Å². The average Bonchev–Trinajstić information content (AvgIpc) is 3.55. The summed E-state index contributed by atoms with van der Waals surface area (Å²) in [5.41, 5.74) is 1.58. The van der Waals surface area contributed by atoms with Gasteiger partial charge < -0.3 is 9.42 Å². The molecular formula is C22H20FN5O2S. The van der Waals surface area contributed by atoms with Gasteiger partial charge in [-0.3, -0.25) is 9.89 Å². The van der Waals surface area contributed by atoms with Crippen LogP contribution < -0.4 is 0 Å². The van der Waals surface area contributed by atoms with Gasteiger partial charge in [-0.25, -0.2) is 4.39 Å². The van der Waals surface area contributed by atoms with Gasteiger partial charge in [0.25, 0.3) is 5.91 Å². The van der Waals surface area contributed by atoms with Crippen LogP contribution >= 0.6 is 11.3 Å². The lowest BCUT2D eigenvalue weighted by molar-refractivity contribution is 0.0662. The van der Waals surface area contributed by atoms with E-state index in [0.717, 1.165) is 23.4 Å². The third-order valence-corrected chi connectivity index (χ3v) is 6.34. The number of aromatic amines is 1. The molecule has 0 spiro atoms. The second-order valence-corrected chi connectivity index (χ2v) is 8.55. The Hall–Kier alpha value is -3.33. The van der Waals surface area contributed by atoms with Crippen LogP contribution in [0, 0.1) is 11.7 Å².